The first kappa shape index (κ1) is 21.8. The fourth-order valence-corrected chi connectivity index (χ4v) is 3.65. The van der Waals surface area contributed by atoms with E-state index in [2.05, 4.69) is 20.7 Å². The first-order chi connectivity index (χ1) is 14.1. The van der Waals surface area contributed by atoms with Crippen molar-refractivity contribution in [1.82, 2.24) is 35.0 Å². The number of ether oxygens (including phenoxy) is 1. The maximum absolute atomic E-state index is 13.5. The van der Waals surface area contributed by atoms with Gasteiger partial charge in [0.15, 0.2) is 5.75 Å². The van der Waals surface area contributed by atoms with Gasteiger partial charge in [0.05, 0.1) is 24.7 Å². The molecule has 0 saturated carbocycles. The molecule has 2 aromatic rings. The van der Waals surface area contributed by atoms with Crippen LogP contribution in [-0.2, 0) is 23.2 Å². The molecule has 0 radical (unpaired) electrons. The lowest BCUT2D eigenvalue weighted by Crippen LogP contribution is -2.49. The average molecular weight is 419 g/mol. The minimum Gasteiger partial charge on any atom is -0.484 e. The van der Waals surface area contributed by atoms with Gasteiger partial charge in [-0.1, -0.05) is 26.0 Å². The Hall–Kier alpha value is -2.95. The van der Waals surface area contributed by atoms with Crippen molar-refractivity contribution in [3.63, 3.8) is 0 Å². The summed E-state index contributed by atoms with van der Waals surface area (Å²) in [6.07, 6.45) is 4.48. The molecular formula is C19H29N7O4. The summed E-state index contributed by atoms with van der Waals surface area (Å²) in [5.74, 6) is 0.0314. The molecule has 1 fully saturated rings. The summed E-state index contributed by atoms with van der Waals surface area (Å²) in [4.78, 5) is 27.1. The van der Waals surface area contributed by atoms with Crippen molar-refractivity contribution in [1.29, 1.82) is 0 Å². The van der Waals surface area contributed by atoms with Gasteiger partial charge in [-0.2, -0.15) is 5.10 Å². The predicted molar refractivity (Wildman–Crippen MR) is 106 cm³/mol. The third kappa shape index (κ3) is 4.61. The van der Waals surface area contributed by atoms with E-state index >= 15 is 0 Å². The van der Waals surface area contributed by atoms with Gasteiger partial charge in [0.2, 0.25) is 11.8 Å². The van der Waals surface area contributed by atoms with E-state index in [4.69, 9.17) is 4.74 Å². The maximum atomic E-state index is 13.5. The van der Waals surface area contributed by atoms with Gasteiger partial charge in [-0.05, 0) is 5.41 Å². The number of likely N-dealkylation sites (N-methyl/N-ethyl adjacent to an activating group) is 1. The van der Waals surface area contributed by atoms with Gasteiger partial charge in [-0.15, -0.1) is 5.10 Å². The zero-order chi connectivity index (χ0) is 22.1. The minimum atomic E-state index is -0.740. The molecule has 11 nitrogen and oxygen atoms in total. The summed E-state index contributed by atoms with van der Waals surface area (Å²) in [5.41, 5.74) is 0.0535. The molecule has 2 N–H and O–H groups in total. The molecule has 0 spiro atoms. The van der Waals surface area contributed by atoms with Crippen molar-refractivity contribution in [3.05, 3.63) is 24.3 Å². The van der Waals surface area contributed by atoms with Crippen LogP contribution in [0.15, 0.2) is 18.6 Å². The largest absolute Gasteiger partial charge is 0.484 e. The molecule has 0 unspecified atom stereocenters. The van der Waals surface area contributed by atoms with E-state index in [1.807, 2.05) is 20.8 Å². The Balaban J connectivity index is 1.80. The van der Waals surface area contributed by atoms with E-state index in [-0.39, 0.29) is 31.4 Å². The number of amides is 2. The monoisotopic (exact) mass is 419 g/mol. The van der Waals surface area contributed by atoms with Gasteiger partial charge in [-0.25, -0.2) is 4.68 Å². The molecule has 1 aliphatic rings. The molecule has 11 heteroatoms. The highest BCUT2D eigenvalue weighted by atomic mass is 16.5. The zero-order valence-corrected chi connectivity index (χ0v) is 17.9. The summed E-state index contributed by atoms with van der Waals surface area (Å²) < 4.78 is 8.79. The highest BCUT2D eigenvalue weighted by molar-refractivity contribution is 5.90. The quantitative estimate of drug-likeness (QED) is 0.668. The average Bonchev–Trinajstić information content (AvgIpc) is 3.38. The van der Waals surface area contributed by atoms with Crippen molar-refractivity contribution >= 4 is 11.8 Å². The number of carbonyl (C=O) groups excluding carboxylic acids is 2. The molecule has 2 aromatic heterocycles. The molecule has 1 saturated heterocycles. The van der Waals surface area contributed by atoms with E-state index in [0.29, 0.717) is 11.4 Å². The van der Waals surface area contributed by atoms with Gasteiger partial charge in [0.25, 0.3) is 0 Å². The number of aliphatic hydroxyl groups excluding tert-OH is 1. The number of hydrogen-bond donors (Lipinski definition) is 2. The second-order valence-electron chi connectivity index (χ2n) is 8.61. The highest BCUT2D eigenvalue weighted by Gasteiger charge is 2.44. The van der Waals surface area contributed by atoms with Crippen molar-refractivity contribution < 1.29 is 19.4 Å². The lowest BCUT2D eigenvalue weighted by Gasteiger charge is -2.34. The van der Waals surface area contributed by atoms with E-state index < -0.39 is 23.6 Å². The number of hydrogen-bond acceptors (Lipinski definition) is 7. The number of aryl methyl sites for hydroxylation is 1. The number of likely N-dealkylation sites (tertiary alicyclic amines) is 1. The summed E-state index contributed by atoms with van der Waals surface area (Å²) in [6.45, 7) is 6.05. The van der Waals surface area contributed by atoms with Crippen LogP contribution in [0.1, 0.15) is 38.9 Å². The smallest absolute Gasteiger partial charge is 0.248 e. The van der Waals surface area contributed by atoms with Crippen LogP contribution in [0.2, 0.25) is 0 Å². The number of nitrogens with one attached hydrogen (secondary N) is 1. The Morgan fingerprint density at radius 1 is 1.37 bits per heavy atom. The van der Waals surface area contributed by atoms with Crippen LogP contribution in [0.25, 0.3) is 0 Å². The number of β-amino-alcohol motifs (C(OH)–C–C–N with tert-alkyl or cyclic N) is 1. The van der Waals surface area contributed by atoms with Gasteiger partial charge in [0, 0.05) is 27.1 Å². The molecule has 3 atom stereocenters. The van der Waals surface area contributed by atoms with E-state index in [1.165, 1.54) is 16.6 Å². The molecule has 3 heterocycles. The Morgan fingerprint density at radius 2 is 2.10 bits per heavy atom. The van der Waals surface area contributed by atoms with Crippen LogP contribution in [0.4, 0.5) is 0 Å². The van der Waals surface area contributed by atoms with Crippen LogP contribution in [0.5, 0.6) is 5.75 Å². The molecular weight excluding hydrogens is 390 g/mol. The predicted octanol–water partition coefficient (Wildman–Crippen LogP) is -0.114. The third-order valence-electron chi connectivity index (χ3n) is 5.06. The first-order valence-corrected chi connectivity index (χ1v) is 9.82. The lowest BCUT2D eigenvalue weighted by molar-refractivity contribution is -0.144. The standard InChI is InChI=1S/C19H29N7O4/c1-19(2,3)16(18(29)25-9-13(27)6-15(25)17(28)20-4)26-8-12(22-23-26)11-30-14-7-21-24(5)10-14/h7-8,10,13,15-16,27H,6,9,11H2,1-5H3,(H,20,28)/t13-,15+,16-/m1/s1. The summed E-state index contributed by atoms with van der Waals surface area (Å²) in [5, 5.41) is 25.0. The van der Waals surface area contributed by atoms with Crippen molar-refractivity contribution in [2.45, 2.75) is 52.0 Å². The Bertz CT molecular complexity index is 901. The fraction of sp³-hybridized carbons (Fsp3) is 0.632. The van der Waals surface area contributed by atoms with E-state index in [1.54, 1.807) is 30.3 Å². The number of carbonyl (C=O) groups is 2. The van der Waals surface area contributed by atoms with Gasteiger partial charge >= 0.3 is 0 Å². The summed E-state index contributed by atoms with van der Waals surface area (Å²) >= 11 is 0. The van der Waals surface area contributed by atoms with Crippen molar-refractivity contribution in [2.75, 3.05) is 13.6 Å². The summed E-state index contributed by atoms with van der Waals surface area (Å²) in [6, 6.07) is -1.41. The van der Waals surface area contributed by atoms with Crippen LogP contribution < -0.4 is 10.1 Å². The Labute approximate surface area is 175 Å². The van der Waals surface area contributed by atoms with Gasteiger partial charge in [0.1, 0.15) is 24.4 Å². The fourth-order valence-electron chi connectivity index (χ4n) is 3.65. The SMILES string of the molecule is CNC(=O)[C@@H]1C[C@@H](O)CN1C(=O)[C@@H](n1cc(COc2cnn(C)c2)nn1)C(C)(C)C. The molecule has 2 amide bonds. The second-order valence-corrected chi connectivity index (χ2v) is 8.61. The van der Waals surface area contributed by atoms with Crippen molar-refractivity contribution in [2.24, 2.45) is 12.5 Å². The van der Waals surface area contributed by atoms with Crippen LogP contribution in [0, 0.1) is 5.41 Å². The van der Waals surface area contributed by atoms with Gasteiger partial charge in [-0.3, -0.25) is 14.3 Å². The molecule has 0 aliphatic carbocycles. The normalized spacial score (nSPS) is 20.3. The maximum Gasteiger partial charge on any atom is 0.248 e. The highest BCUT2D eigenvalue weighted by Crippen LogP contribution is 2.34. The molecule has 0 bridgehead atoms. The van der Waals surface area contributed by atoms with Crippen LogP contribution in [-0.4, -0.2) is 72.3 Å². The first-order valence-electron chi connectivity index (χ1n) is 9.82. The topological polar surface area (TPSA) is 127 Å². The second kappa shape index (κ2) is 8.42. The number of nitrogens with zero attached hydrogens (tertiary/aromatic N) is 6. The molecule has 30 heavy (non-hydrogen) atoms. The van der Waals surface area contributed by atoms with Gasteiger partial charge < -0.3 is 20.1 Å². The minimum absolute atomic E-state index is 0.106. The van der Waals surface area contributed by atoms with Crippen LogP contribution in [0.3, 0.4) is 0 Å². The zero-order valence-electron chi connectivity index (χ0n) is 17.9. The van der Waals surface area contributed by atoms with Crippen molar-refractivity contribution in [3.8, 4) is 5.75 Å². The molecule has 1 aliphatic heterocycles. The van der Waals surface area contributed by atoms with Crippen LogP contribution >= 0.6 is 0 Å². The Kier molecular flexibility index (Phi) is 6.11. The third-order valence-corrected chi connectivity index (χ3v) is 5.06. The summed E-state index contributed by atoms with van der Waals surface area (Å²) in [7, 11) is 3.31. The number of rotatable bonds is 6. The molecule has 3 rings (SSSR count). The molecule has 164 valence electrons. The number of aromatic nitrogens is 5. The van der Waals surface area contributed by atoms with E-state index in [0.717, 1.165) is 0 Å². The lowest BCUT2D eigenvalue weighted by atomic mass is 9.85. The Morgan fingerprint density at radius 3 is 2.70 bits per heavy atom. The molecule has 0 aromatic carbocycles. The number of aliphatic hydroxyl groups is 1. The van der Waals surface area contributed by atoms with E-state index in [9.17, 15) is 14.7 Å².